The number of benzene rings is 2. The number of likely N-dealkylation sites (tertiary alicyclic amines) is 1. The topological polar surface area (TPSA) is 176 Å². The molecule has 1 aromatic heterocycles. The van der Waals surface area contributed by atoms with Crippen molar-refractivity contribution in [3.8, 4) is 22.8 Å². The molecule has 61 heavy (non-hydrogen) atoms. The molecule has 1 unspecified atom stereocenters. The van der Waals surface area contributed by atoms with Crippen LogP contribution < -0.4 is 24.8 Å². The average Bonchev–Trinajstić information content (AvgIpc) is 4.16. The number of fused-ring (bicyclic) bond motifs is 1. The van der Waals surface area contributed by atoms with Crippen LogP contribution in [0.3, 0.4) is 0 Å². The highest BCUT2D eigenvalue weighted by atomic mass is 32.2. The zero-order valence-electron chi connectivity index (χ0n) is 36.5. The van der Waals surface area contributed by atoms with Crippen LogP contribution in [0.2, 0.25) is 0 Å². The lowest BCUT2D eigenvalue weighted by molar-refractivity contribution is -0.142. The van der Waals surface area contributed by atoms with E-state index in [1.165, 1.54) is 15.9 Å². The third kappa shape index (κ3) is 8.94. The van der Waals surface area contributed by atoms with Crippen molar-refractivity contribution in [1.29, 1.82) is 0 Å². The van der Waals surface area contributed by atoms with E-state index < -0.39 is 79.1 Å². The van der Waals surface area contributed by atoms with Crippen molar-refractivity contribution >= 4 is 44.7 Å². The summed E-state index contributed by atoms with van der Waals surface area (Å²) in [4.78, 5) is 65.2. The monoisotopic (exact) mass is 856 g/mol. The Morgan fingerprint density at radius 2 is 1.72 bits per heavy atom. The fourth-order valence-electron chi connectivity index (χ4n) is 8.28. The number of sulfonamides is 1. The van der Waals surface area contributed by atoms with Gasteiger partial charge in [0.15, 0.2) is 0 Å². The van der Waals surface area contributed by atoms with E-state index in [4.69, 9.17) is 14.5 Å². The molecule has 0 spiro atoms. The summed E-state index contributed by atoms with van der Waals surface area (Å²) in [5.41, 5.74) is -0.804. The first-order valence-corrected chi connectivity index (χ1v) is 22.7. The summed E-state index contributed by atoms with van der Waals surface area (Å²) in [6, 6.07) is 14.2. The maximum Gasteiger partial charge on any atom is 0.318 e. The Hall–Kier alpha value is -5.18. The van der Waals surface area contributed by atoms with Gasteiger partial charge in [-0.25, -0.2) is 18.2 Å². The van der Waals surface area contributed by atoms with Crippen LogP contribution in [0.5, 0.6) is 11.5 Å². The van der Waals surface area contributed by atoms with Gasteiger partial charge in [0.1, 0.15) is 35.2 Å². The van der Waals surface area contributed by atoms with Crippen molar-refractivity contribution in [1.82, 2.24) is 30.1 Å². The Morgan fingerprint density at radius 3 is 2.30 bits per heavy atom. The SMILES string of the molecule is C=CC1C[C@@]1(NC(=O)[C@@H]1C[C@@H](Oc2cc(-c3ccccc3)nc3cc(OC)ccc23)CN1C(=O)[C@@H](NC(=O)N(C)C(C)(C)C)C(C)(C)C)C(=O)NS(=O)(=O)C1(CC2CC2)CC1. The Bertz CT molecular complexity index is 2330. The van der Waals surface area contributed by atoms with Crippen LogP contribution in [0.15, 0.2) is 67.3 Å². The third-order valence-corrected chi connectivity index (χ3v) is 15.1. The summed E-state index contributed by atoms with van der Waals surface area (Å²) >= 11 is 0. The lowest BCUT2D eigenvalue weighted by Gasteiger charge is -2.38. The molecule has 5 amide bonds. The zero-order valence-corrected chi connectivity index (χ0v) is 37.4. The number of hydrogen-bond donors (Lipinski definition) is 3. The van der Waals surface area contributed by atoms with E-state index in [9.17, 15) is 27.6 Å². The predicted molar refractivity (Wildman–Crippen MR) is 233 cm³/mol. The van der Waals surface area contributed by atoms with E-state index in [0.717, 1.165) is 18.4 Å². The molecule has 3 aliphatic carbocycles. The molecule has 3 aromatic rings. The number of rotatable bonds is 14. The Balaban J connectivity index is 1.21. The Kier molecular flexibility index (Phi) is 11.5. The van der Waals surface area contributed by atoms with Gasteiger partial charge in [-0.15, -0.1) is 6.58 Å². The van der Waals surface area contributed by atoms with Gasteiger partial charge in [-0.05, 0) is 69.9 Å². The molecule has 15 heteroatoms. The second-order valence-corrected chi connectivity index (χ2v) is 21.6. The first-order chi connectivity index (χ1) is 28.6. The van der Waals surface area contributed by atoms with Crippen LogP contribution in [0.4, 0.5) is 4.79 Å². The summed E-state index contributed by atoms with van der Waals surface area (Å²) in [5, 5.41) is 6.53. The fraction of sp³-hybridized carbons (Fsp3) is 0.543. The number of carbonyl (C=O) groups excluding carboxylic acids is 4. The molecule has 4 aliphatic rings. The Labute approximate surface area is 359 Å². The summed E-state index contributed by atoms with van der Waals surface area (Å²) in [5.74, 6) is -1.06. The van der Waals surface area contributed by atoms with E-state index in [1.54, 1.807) is 20.2 Å². The van der Waals surface area contributed by atoms with Crippen LogP contribution in [0, 0.1) is 17.3 Å². The minimum atomic E-state index is -4.03. The normalized spacial score (nSPS) is 23.7. The van der Waals surface area contributed by atoms with Crippen molar-refractivity contribution in [2.45, 2.75) is 121 Å². The molecule has 2 heterocycles. The molecule has 2 aromatic carbocycles. The molecule has 328 valence electrons. The second-order valence-electron chi connectivity index (χ2n) is 19.5. The Morgan fingerprint density at radius 1 is 1.03 bits per heavy atom. The molecule has 3 saturated carbocycles. The van der Waals surface area contributed by atoms with E-state index in [1.807, 2.05) is 90.1 Å². The number of ether oxygens (including phenoxy) is 2. The van der Waals surface area contributed by atoms with E-state index in [2.05, 4.69) is 21.9 Å². The van der Waals surface area contributed by atoms with Gasteiger partial charge in [-0.1, -0.05) is 70.0 Å². The van der Waals surface area contributed by atoms with Crippen molar-refractivity contribution in [3.63, 3.8) is 0 Å². The van der Waals surface area contributed by atoms with Gasteiger partial charge in [0, 0.05) is 48.0 Å². The fourth-order valence-corrected chi connectivity index (χ4v) is 10.0. The number of amides is 5. The van der Waals surface area contributed by atoms with Gasteiger partial charge < -0.3 is 29.9 Å². The minimum absolute atomic E-state index is 0.0305. The molecule has 0 radical (unpaired) electrons. The highest BCUT2D eigenvalue weighted by Crippen LogP contribution is 2.53. The van der Waals surface area contributed by atoms with Crippen molar-refractivity contribution in [2.24, 2.45) is 17.3 Å². The quantitative estimate of drug-likeness (QED) is 0.166. The number of hydrogen-bond acceptors (Lipinski definition) is 9. The molecule has 1 aliphatic heterocycles. The summed E-state index contributed by atoms with van der Waals surface area (Å²) in [6.07, 6.45) is 4.46. The standard InChI is InChI=1S/C46H60N6O8S/c1-10-30-26-46(30,41(55)50-61(57,58)45(20-21-45)25-28-16-17-28)49-39(53)36-23-32(27-52(36)40(54)38(43(2,3)4)48-42(56)51(8)44(5,6)7)60-37-24-34(29-14-12-11-13-15-29)47-35-22-31(59-9)18-19-33(35)37/h10-15,18-19,22,24,28,30,32,36,38H,1,16-17,20-21,23,25-27H2,2-9H3,(H,48,56)(H,49,53)(H,50,55)/t30?,32-,36+,38-,46+/m1/s1. The average molecular weight is 857 g/mol. The van der Waals surface area contributed by atoms with Crippen LogP contribution in [-0.4, -0.2) is 102 Å². The maximum absolute atomic E-state index is 14.9. The number of carbonyl (C=O) groups is 4. The molecule has 3 N–H and O–H groups in total. The van der Waals surface area contributed by atoms with Crippen LogP contribution >= 0.6 is 0 Å². The van der Waals surface area contributed by atoms with Gasteiger partial charge in [0.05, 0.1) is 29.6 Å². The lowest BCUT2D eigenvalue weighted by Crippen LogP contribution is -2.62. The number of nitrogens with zero attached hydrogens (tertiary/aromatic N) is 3. The summed E-state index contributed by atoms with van der Waals surface area (Å²) in [6.45, 7) is 15.0. The van der Waals surface area contributed by atoms with Gasteiger partial charge in [0.2, 0.25) is 21.8 Å². The highest BCUT2D eigenvalue weighted by molar-refractivity contribution is 7.91. The zero-order chi connectivity index (χ0) is 44.3. The van der Waals surface area contributed by atoms with Gasteiger partial charge in [-0.2, -0.15) is 0 Å². The second kappa shape index (κ2) is 15.9. The summed E-state index contributed by atoms with van der Waals surface area (Å²) < 4.78 is 41.0. The van der Waals surface area contributed by atoms with Crippen LogP contribution in [0.25, 0.3) is 22.2 Å². The maximum atomic E-state index is 14.9. The predicted octanol–water partition coefficient (Wildman–Crippen LogP) is 5.95. The van der Waals surface area contributed by atoms with Gasteiger partial charge in [0.25, 0.3) is 5.91 Å². The van der Waals surface area contributed by atoms with Crippen molar-refractivity contribution < 1.29 is 37.1 Å². The molecule has 7 rings (SSSR count). The molecule has 1 saturated heterocycles. The first kappa shape index (κ1) is 43.9. The van der Waals surface area contributed by atoms with E-state index in [0.29, 0.717) is 53.3 Å². The van der Waals surface area contributed by atoms with Crippen LogP contribution in [-0.2, 0) is 24.4 Å². The number of aromatic nitrogens is 1. The minimum Gasteiger partial charge on any atom is -0.497 e. The molecular weight excluding hydrogens is 797 g/mol. The van der Waals surface area contributed by atoms with Crippen LogP contribution in [0.1, 0.15) is 86.5 Å². The molecule has 4 fully saturated rings. The van der Waals surface area contributed by atoms with Gasteiger partial charge in [-0.3, -0.25) is 19.1 Å². The number of urea groups is 1. The molecule has 14 nitrogen and oxygen atoms in total. The molecule has 5 atom stereocenters. The van der Waals surface area contributed by atoms with Crippen molar-refractivity contribution in [2.75, 3.05) is 20.7 Å². The number of pyridine rings is 1. The first-order valence-electron chi connectivity index (χ1n) is 21.2. The lowest BCUT2D eigenvalue weighted by atomic mass is 9.85. The van der Waals surface area contributed by atoms with E-state index >= 15 is 0 Å². The summed E-state index contributed by atoms with van der Waals surface area (Å²) in [7, 11) is -0.799. The molecule has 0 bridgehead atoms. The number of methoxy groups -OCH3 is 1. The van der Waals surface area contributed by atoms with Crippen molar-refractivity contribution in [3.05, 3.63) is 67.3 Å². The van der Waals surface area contributed by atoms with Gasteiger partial charge >= 0.3 is 6.03 Å². The molecular formula is C46H60N6O8S. The largest absolute Gasteiger partial charge is 0.497 e. The number of nitrogens with one attached hydrogen (secondary N) is 3. The highest BCUT2D eigenvalue weighted by Gasteiger charge is 2.64. The van der Waals surface area contributed by atoms with E-state index in [-0.39, 0.29) is 19.4 Å². The smallest absolute Gasteiger partial charge is 0.318 e. The third-order valence-electron chi connectivity index (χ3n) is 12.9.